The molecule has 0 atom stereocenters. The third kappa shape index (κ3) is 7.63. The van der Waals surface area contributed by atoms with Crippen LogP contribution in [0.4, 0.5) is 34.3 Å². The number of aromatic hydroxyl groups is 2. The molecule has 1 fully saturated rings. The van der Waals surface area contributed by atoms with Crippen LogP contribution in [0.15, 0.2) is 94.1 Å². The second-order valence-electron chi connectivity index (χ2n) is 11.6. The molecule has 2 heterocycles. The van der Waals surface area contributed by atoms with Gasteiger partial charge in [-0.1, -0.05) is 17.7 Å². The molecule has 1 aliphatic heterocycles. The minimum absolute atomic E-state index is 0.00972. The Bertz CT molecular complexity index is 2330. The van der Waals surface area contributed by atoms with E-state index < -0.39 is 15.9 Å². The Morgan fingerprint density at radius 3 is 2.49 bits per heavy atom. The van der Waals surface area contributed by atoms with Gasteiger partial charge in [0.05, 0.1) is 54.3 Å². The largest absolute Gasteiger partial charge is 0.507 e. The van der Waals surface area contributed by atoms with Gasteiger partial charge in [0.2, 0.25) is 0 Å². The van der Waals surface area contributed by atoms with Gasteiger partial charge in [0.15, 0.2) is 5.82 Å². The van der Waals surface area contributed by atoms with Crippen LogP contribution >= 0.6 is 11.6 Å². The number of carbonyl (C=O) groups excluding carboxylic acids is 1. The molecule has 16 heteroatoms. The van der Waals surface area contributed by atoms with E-state index in [4.69, 9.17) is 22.9 Å². The molecule has 0 saturated carbocycles. The van der Waals surface area contributed by atoms with Gasteiger partial charge in [-0.2, -0.15) is 10.2 Å². The highest BCUT2D eigenvalue weighted by molar-refractivity contribution is 7.93. The molecule has 1 saturated heterocycles. The molecule has 260 valence electrons. The predicted molar refractivity (Wildman–Crippen MR) is 193 cm³/mol. The standard InChI is InChI=1S/C35H31ClN8O6S/c1-21-15-28(32(46)16-22(21)2)42-51(48,49)33-19-24(7-9-30(33)43-11-13-50-14-12-43)39-35(47)27-18-25(8-10-31(27)45)40-41-34-29(37-3)20-38-44(34)26-6-4-5-23(36)17-26/h4-10,15-20,42,45-46H,11-14H2,1-2H3,(H,39,47). The number of carbonyl (C=O) groups is 1. The van der Waals surface area contributed by atoms with Crippen LogP contribution in [-0.2, 0) is 14.8 Å². The Labute approximate surface area is 298 Å². The van der Waals surface area contributed by atoms with Crippen LogP contribution in [0.5, 0.6) is 11.5 Å². The number of ether oxygens (including phenoxy) is 1. The minimum Gasteiger partial charge on any atom is -0.507 e. The third-order valence-electron chi connectivity index (χ3n) is 8.10. The number of azo groups is 1. The van der Waals surface area contributed by atoms with E-state index in [0.717, 1.165) is 11.1 Å². The molecule has 1 aromatic heterocycles. The van der Waals surface area contributed by atoms with Crippen LogP contribution in [0.1, 0.15) is 21.5 Å². The Morgan fingerprint density at radius 1 is 0.980 bits per heavy atom. The molecule has 0 unspecified atom stereocenters. The molecule has 0 bridgehead atoms. The van der Waals surface area contributed by atoms with E-state index in [-0.39, 0.29) is 50.5 Å². The number of phenolic OH excluding ortho intramolecular Hbond substituents is 2. The number of morpholine rings is 1. The van der Waals surface area contributed by atoms with Crippen molar-refractivity contribution in [2.24, 2.45) is 10.2 Å². The lowest BCUT2D eigenvalue weighted by atomic mass is 10.1. The first-order chi connectivity index (χ1) is 24.4. The first-order valence-corrected chi connectivity index (χ1v) is 17.4. The van der Waals surface area contributed by atoms with E-state index in [0.29, 0.717) is 42.7 Å². The van der Waals surface area contributed by atoms with Crippen molar-refractivity contribution in [2.45, 2.75) is 18.7 Å². The van der Waals surface area contributed by atoms with Crippen LogP contribution in [0.3, 0.4) is 0 Å². The molecule has 0 aliphatic carbocycles. The lowest BCUT2D eigenvalue weighted by molar-refractivity contribution is 0.102. The van der Waals surface area contributed by atoms with Crippen molar-refractivity contribution in [3.8, 4) is 17.2 Å². The molecule has 14 nitrogen and oxygen atoms in total. The number of aryl methyl sites for hydroxylation is 2. The molecular weight excluding hydrogens is 696 g/mol. The number of halogens is 1. The van der Waals surface area contributed by atoms with E-state index in [1.807, 2.05) is 4.90 Å². The molecule has 5 aromatic rings. The van der Waals surface area contributed by atoms with Crippen LogP contribution in [0.25, 0.3) is 10.5 Å². The SMILES string of the molecule is [C-]#[N+]c1cnn(-c2cccc(Cl)c2)c1N=Nc1ccc(O)c(C(=O)Nc2ccc(N3CCOCC3)c(S(=O)(=O)Nc3cc(C)c(C)cc3O)c2)c1. The summed E-state index contributed by atoms with van der Waals surface area (Å²) in [5.74, 6) is -1.21. The van der Waals surface area contributed by atoms with Crippen molar-refractivity contribution < 1.29 is 28.2 Å². The number of hydrogen-bond acceptors (Lipinski definition) is 10. The number of amides is 1. The molecule has 4 N–H and O–H groups in total. The second-order valence-corrected chi connectivity index (χ2v) is 13.6. The summed E-state index contributed by atoms with van der Waals surface area (Å²) in [6.07, 6.45) is 1.34. The van der Waals surface area contributed by atoms with Gasteiger partial charge in [0, 0.05) is 23.8 Å². The van der Waals surface area contributed by atoms with Crippen molar-refractivity contribution in [1.82, 2.24) is 9.78 Å². The van der Waals surface area contributed by atoms with E-state index >= 15 is 0 Å². The molecule has 0 spiro atoms. The average Bonchev–Trinajstić information content (AvgIpc) is 3.53. The van der Waals surface area contributed by atoms with Crippen LogP contribution < -0.4 is 14.9 Å². The monoisotopic (exact) mass is 726 g/mol. The van der Waals surface area contributed by atoms with E-state index in [1.165, 1.54) is 41.2 Å². The van der Waals surface area contributed by atoms with Gasteiger partial charge in [-0.15, -0.1) is 5.11 Å². The molecule has 1 amide bonds. The highest BCUT2D eigenvalue weighted by Crippen LogP contribution is 2.36. The van der Waals surface area contributed by atoms with Gasteiger partial charge < -0.3 is 25.2 Å². The lowest BCUT2D eigenvalue weighted by Gasteiger charge is -2.30. The molecule has 6 rings (SSSR count). The van der Waals surface area contributed by atoms with Crippen molar-refractivity contribution in [3.05, 3.63) is 112 Å². The zero-order valence-electron chi connectivity index (χ0n) is 27.3. The highest BCUT2D eigenvalue weighted by atomic mass is 35.5. The van der Waals surface area contributed by atoms with Crippen molar-refractivity contribution in [3.63, 3.8) is 0 Å². The summed E-state index contributed by atoms with van der Waals surface area (Å²) in [4.78, 5) is 18.7. The number of hydrogen-bond donors (Lipinski definition) is 4. The summed E-state index contributed by atoms with van der Waals surface area (Å²) in [7, 11) is -4.30. The average molecular weight is 727 g/mol. The van der Waals surface area contributed by atoms with Crippen molar-refractivity contribution in [2.75, 3.05) is 41.2 Å². The first kappa shape index (κ1) is 34.9. The van der Waals surface area contributed by atoms with Crippen molar-refractivity contribution >= 4 is 61.8 Å². The van der Waals surface area contributed by atoms with Gasteiger partial charge in [0.25, 0.3) is 21.6 Å². The minimum atomic E-state index is -4.30. The molecule has 51 heavy (non-hydrogen) atoms. The van der Waals surface area contributed by atoms with Crippen LogP contribution in [-0.4, -0.2) is 60.6 Å². The predicted octanol–water partition coefficient (Wildman–Crippen LogP) is 7.41. The van der Waals surface area contributed by atoms with Crippen LogP contribution in [0, 0.1) is 20.4 Å². The summed E-state index contributed by atoms with van der Waals surface area (Å²) in [6, 6.07) is 18.3. The van der Waals surface area contributed by atoms with Gasteiger partial charge in [-0.3, -0.25) is 9.52 Å². The number of benzene rings is 4. The van der Waals surface area contributed by atoms with Crippen molar-refractivity contribution in [1.29, 1.82) is 0 Å². The Morgan fingerprint density at radius 2 is 1.75 bits per heavy atom. The van der Waals surface area contributed by atoms with Gasteiger partial charge in [-0.25, -0.2) is 17.9 Å². The van der Waals surface area contributed by atoms with E-state index in [2.05, 4.69) is 30.2 Å². The second kappa shape index (κ2) is 14.5. The highest BCUT2D eigenvalue weighted by Gasteiger charge is 2.26. The van der Waals surface area contributed by atoms with Gasteiger partial charge in [0.1, 0.15) is 16.4 Å². The molecule has 1 aliphatic rings. The summed E-state index contributed by atoms with van der Waals surface area (Å²) >= 11 is 6.14. The number of anilines is 3. The normalized spacial score (nSPS) is 13.3. The van der Waals surface area contributed by atoms with E-state index in [1.54, 1.807) is 56.3 Å². The number of nitrogens with one attached hydrogen (secondary N) is 2. The smallest absolute Gasteiger partial charge is 0.264 e. The Kier molecular flexibility index (Phi) is 9.92. The van der Waals surface area contributed by atoms with E-state index in [9.17, 15) is 23.4 Å². The fourth-order valence-corrected chi connectivity index (χ4v) is 6.83. The maximum Gasteiger partial charge on any atom is 0.264 e. The summed E-state index contributed by atoms with van der Waals surface area (Å²) < 4.78 is 37.1. The zero-order valence-corrected chi connectivity index (χ0v) is 28.9. The number of rotatable bonds is 9. The molecular formula is C35H31ClN8O6S. The van der Waals surface area contributed by atoms with Crippen LogP contribution in [0.2, 0.25) is 5.02 Å². The zero-order chi connectivity index (χ0) is 36.3. The Hall–Kier alpha value is -5.95. The fourth-order valence-electron chi connectivity index (χ4n) is 5.33. The van der Waals surface area contributed by atoms with Gasteiger partial charge in [-0.05, 0) is 91.7 Å². The molecule has 4 aromatic carbocycles. The number of sulfonamides is 1. The lowest BCUT2D eigenvalue weighted by Crippen LogP contribution is -2.37. The summed E-state index contributed by atoms with van der Waals surface area (Å²) in [5.41, 5.74) is 2.78. The Balaban J connectivity index is 1.30. The fraction of sp³-hybridized carbons (Fsp3) is 0.171. The van der Waals surface area contributed by atoms with Gasteiger partial charge >= 0.3 is 0 Å². The quantitative estimate of drug-likeness (QED) is 0.0690. The maximum atomic E-state index is 13.9. The number of aromatic nitrogens is 2. The molecule has 0 radical (unpaired) electrons. The summed E-state index contributed by atoms with van der Waals surface area (Å²) in [5, 5.41) is 36.9. The third-order valence-corrected chi connectivity index (χ3v) is 9.73. The first-order valence-electron chi connectivity index (χ1n) is 15.5. The summed E-state index contributed by atoms with van der Waals surface area (Å²) in [6.45, 7) is 12.8. The number of phenols is 2. The maximum absolute atomic E-state index is 13.9. The topological polar surface area (TPSA) is 175 Å². The number of nitrogens with zero attached hydrogens (tertiary/aromatic N) is 6.